The predicted octanol–water partition coefficient (Wildman–Crippen LogP) is 6.31. The van der Waals surface area contributed by atoms with Gasteiger partial charge < -0.3 is 35.1 Å². The summed E-state index contributed by atoms with van der Waals surface area (Å²) in [6.45, 7) is 5.20. The molecule has 40 heavy (non-hydrogen) atoms. The van der Waals surface area contributed by atoms with E-state index in [-0.39, 0.29) is 56.4 Å². The number of benzene rings is 4. The molecule has 0 spiro atoms. The smallest absolute Gasteiger partial charge is 0.238 e. The molecule has 1 aromatic heterocycles. The second-order valence-corrected chi connectivity index (χ2v) is 9.97. The van der Waals surface area contributed by atoms with E-state index in [9.17, 15) is 35.4 Å². The van der Waals surface area contributed by atoms with Crippen molar-refractivity contribution in [2.24, 2.45) is 0 Å². The Hall–Kier alpha value is -5.11. The highest BCUT2D eigenvalue weighted by Crippen LogP contribution is 2.49. The number of aryl methyl sites for hydroxylation is 1. The second kappa shape index (κ2) is 9.89. The molecule has 1 heterocycles. The highest BCUT2D eigenvalue weighted by molar-refractivity contribution is 5.94. The lowest BCUT2D eigenvalue weighted by atomic mass is 9.83. The number of fused-ring (bicyclic) bond motifs is 1. The van der Waals surface area contributed by atoms with Crippen LogP contribution in [0.4, 0.5) is 0 Å². The molecule has 0 aliphatic carbocycles. The van der Waals surface area contributed by atoms with Gasteiger partial charge in [0.2, 0.25) is 11.2 Å². The van der Waals surface area contributed by atoms with E-state index in [4.69, 9.17) is 4.42 Å². The van der Waals surface area contributed by atoms with E-state index < -0.39 is 28.8 Å². The predicted molar refractivity (Wildman–Crippen MR) is 151 cm³/mol. The van der Waals surface area contributed by atoms with Gasteiger partial charge >= 0.3 is 0 Å². The van der Waals surface area contributed by atoms with Gasteiger partial charge in [0.05, 0.1) is 0 Å². The molecule has 8 nitrogen and oxygen atoms in total. The Labute approximate surface area is 229 Å². The number of rotatable bonds is 5. The number of hydrogen-bond donors (Lipinski definition) is 6. The first-order chi connectivity index (χ1) is 19.0. The van der Waals surface area contributed by atoms with Crippen LogP contribution in [0.15, 0.2) is 75.9 Å². The summed E-state index contributed by atoms with van der Waals surface area (Å²) in [7, 11) is 0. The third-order valence-corrected chi connectivity index (χ3v) is 7.46. The summed E-state index contributed by atoms with van der Waals surface area (Å²) >= 11 is 0. The first kappa shape index (κ1) is 26.5. The molecule has 0 saturated heterocycles. The standard InChI is InChI=1S/C32H28O8/c1-15-4-5-20(14-23(15)35)31-30(39)29(38)26-28(37)24(16(2)18-6-10-21(33)11-7-18)27(36)25(32(26)40-31)17(3)19-8-12-22(34)13-9-19/h4-14,16-17,33-37,39H,1-3H3. The highest BCUT2D eigenvalue weighted by atomic mass is 16.4. The molecule has 0 radical (unpaired) electrons. The topological polar surface area (TPSA) is 152 Å². The molecule has 0 saturated carbocycles. The third-order valence-electron chi connectivity index (χ3n) is 7.46. The molecule has 2 atom stereocenters. The summed E-state index contributed by atoms with van der Waals surface area (Å²) in [6.07, 6.45) is 0. The molecule has 0 bridgehead atoms. The van der Waals surface area contributed by atoms with Crippen LogP contribution in [0.5, 0.6) is 34.5 Å². The molecule has 5 rings (SSSR count). The zero-order chi connectivity index (χ0) is 28.9. The molecule has 0 aliphatic rings. The Morgan fingerprint density at radius 3 is 1.70 bits per heavy atom. The quantitative estimate of drug-likeness (QED) is 0.152. The van der Waals surface area contributed by atoms with Crippen LogP contribution >= 0.6 is 0 Å². The van der Waals surface area contributed by atoms with Crippen molar-refractivity contribution < 1.29 is 35.1 Å². The van der Waals surface area contributed by atoms with Crippen molar-refractivity contribution in [3.05, 3.63) is 105 Å². The van der Waals surface area contributed by atoms with Crippen LogP contribution in [-0.2, 0) is 0 Å². The first-order valence-electron chi connectivity index (χ1n) is 12.6. The molecule has 204 valence electrons. The van der Waals surface area contributed by atoms with Gasteiger partial charge in [0.15, 0.2) is 5.76 Å². The van der Waals surface area contributed by atoms with Crippen LogP contribution in [0.3, 0.4) is 0 Å². The molecule has 0 aliphatic heterocycles. The van der Waals surface area contributed by atoms with Crippen molar-refractivity contribution >= 4 is 11.0 Å². The van der Waals surface area contributed by atoms with Gasteiger partial charge in [-0.3, -0.25) is 4.79 Å². The average Bonchev–Trinajstić information content (AvgIpc) is 2.92. The van der Waals surface area contributed by atoms with Crippen LogP contribution in [-0.4, -0.2) is 30.6 Å². The molecule has 0 amide bonds. The van der Waals surface area contributed by atoms with Gasteiger partial charge in [0, 0.05) is 28.5 Å². The lowest BCUT2D eigenvalue weighted by Gasteiger charge is -2.23. The van der Waals surface area contributed by atoms with Crippen molar-refractivity contribution in [2.75, 3.05) is 0 Å². The fourth-order valence-corrected chi connectivity index (χ4v) is 5.05. The number of hydrogen-bond acceptors (Lipinski definition) is 8. The minimum Gasteiger partial charge on any atom is -0.508 e. The minimum atomic E-state index is -0.910. The lowest BCUT2D eigenvalue weighted by Crippen LogP contribution is -2.10. The van der Waals surface area contributed by atoms with Gasteiger partial charge in [-0.05, 0) is 53.9 Å². The van der Waals surface area contributed by atoms with Crippen LogP contribution in [0.1, 0.15) is 53.5 Å². The van der Waals surface area contributed by atoms with E-state index in [2.05, 4.69) is 0 Å². The fraction of sp³-hybridized carbons (Fsp3) is 0.156. The molecular weight excluding hydrogens is 512 g/mol. The monoisotopic (exact) mass is 540 g/mol. The Bertz CT molecular complexity index is 1800. The Balaban J connectivity index is 1.87. The fourth-order valence-electron chi connectivity index (χ4n) is 5.05. The lowest BCUT2D eigenvalue weighted by molar-refractivity contribution is 0.424. The molecular formula is C32H28O8. The molecule has 0 fully saturated rings. The minimum absolute atomic E-state index is 0.0461. The second-order valence-electron chi connectivity index (χ2n) is 9.97. The Kier molecular flexibility index (Phi) is 6.55. The van der Waals surface area contributed by atoms with Crippen LogP contribution < -0.4 is 5.43 Å². The SMILES string of the molecule is Cc1ccc(-c2oc3c(C(C)c4ccc(O)cc4)c(O)c(C(C)c4ccc(O)cc4)c(O)c3c(=O)c2O)cc1O. The Morgan fingerprint density at radius 1 is 0.650 bits per heavy atom. The van der Waals surface area contributed by atoms with E-state index in [0.717, 1.165) is 0 Å². The molecule has 4 aromatic carbocycles. The number of phenols is 5. The zero-order valence-corrected chi connectivity index (χ0v) is 22.0. The van der Waals surface area contributed by atoms with Gasteiger partial charge in [-0.15, -0.1) is 0 Å². The van der Waals surface area contributed by atoms with Crippen molar-refractivity contribution in [1.82, 2.24) is 0 Å². The first-order valence-corrected chi connectivity index (χ1v) is 12.6. The van der Waals surface area contributed by atoms with E-state index in [1.807, 2.05) is 0 Å². The van der Waals surface area contributed by atoms with Gasteiger partial charge in [0.25, 0.3) is 0 Å². The molecule has 8 heteroatoms. The highest BCUT2D eigenvalue weighted by Gasteiger charge is 2.31. The van der Waals surface area contributed by atoms with Crippen molar-refractivity contribution in [3.63, 3.8) is 0 Å². The van der Waals surface area contributed by atoms with Crippen molar-refractivity contribution in [1.29, 1.82) is 0 Å². The summed E-state index contributed by atoms with van der Waals surface area (Å²) in [5, 5.41) is 63.5. The van der Waals surface area contributed by atoms with Gasteiger partial charge in [-0.1, -0.05) is 50.2 Å². The van der Waals surface area contributed by atoms with Crippen LogP contribution in [0, 0.1) is 6.92 Å². The average molecular weight is 541 g/mol. The zero-order valence-electron chi connectivity index (χ0n) is 22.0. The summed E-state index contributed by atoms with van der Waals surface area (Å²) < 4.78 is 6.11. The van der Waals surface area contributed by atoms with E-state index in [1.165, 1.54) is 30.3 Å². The van der Waals surface area contributed by atoms with E-state index in [1.54, 1.807) is 57.2 Å². The van der Waals surface area contributed by atoms with Crippen molar-refractivity contribution in [2.45, 2.75) is 32.6 Å². The van der Waals surface area contributed by atoms with Gasteiger partial charge in [-0.2, -0.15) is 0 Å². The molecule has 5 aromatic rings. The van der Waals surface area contributed by atoms with Crippen LogP contribution in [0.25, 0.3) is 22.3 Å². The Morgan fingerprint density at radius 2 is 1.18 bits per heavy atom. The van der Waals surface area contributed by atoms with Gasteiger partial charge in [0.1, 0.15) is 39.7 Å². The van der Waals surface area contributed by atoms with Crippen LogP contribution in [0.2, 0.25) is 0 Å². The number of phenolic OH excluding ortho intramolecular Hbond substituents is 5. The van der Waals surface area contributed by atoms with Crippen molar-refractivity contribution in [3.8, 4) is 45.8 Å². The maximum atomic E-state index is 13.6. The largest absolute Gasteiger partial charge is 0.508 e. The molecule has 2 unspecified atom stereocenters. The third kappa shape index (κ3) is 4.33. The normalized spacial score (nSPS) is 12.9. The van der Waals surface area contributed by atoms with E-state index in [0.29, 0.717) is 16.7 Å². The summed E-state index contributed by atoms with van der Waals surface area (Å²) in [5.41, 5.74) is 1.32. The number of aromatic hydroxyl groups is 6. The van der Waals surface area contributed by atoms with Gasteiger partial charge in [-0.25, -0.2) is 0 Å². The van der Waals surface area contributed by atoms with E-state index >= 15 is 0 Å². The maximum absolute atomic E-state index is 13.6. The summed E-state index contributed by atoms with van der Waals surface area (Å²) in [6, 6.07) is 17.1. The summed E-state index contributed by atoms with van der Waals surface area (Å²) in [5.74, 6) is -3.04. The summed E-state index contributed by atoms with van der Waals surface area (Å²) in [4.78, 5) is 13.6. The maximum Gasteiger partial charge on any atom is 0.238 e. The molecule has 6 N–H and O–H groups in total.